The molecule has 2 heterocycles. The minimum Gasteiger partial charge on any atom is -0.450 e. The summed E-state index contributed by atoms with van der Waals surface area (Å²) in [4.78, 5) is 34.2. The van der Waals surface area contributed by atoms with Crippen LogP contribution >= 0.6 is 24.0 Å². The number of likely N-dealkylation sites (tertiary alicyclic amines) is 2. The number of rotatable bonds is 8. The Morgan fingerprint density at radius 3 is 2.34 bits per heavy atom. The molecular formula is C22H43IN6O3. The molecule has 0 radical (unpaired) electrons. The molecule has 0 spiro atoms. The lowest BCUT2D eigenvalue weighted by Crippen LogP contribution is -2.50. The second-order valence-corrected chi connectivity index (χ2v) is 8.86. The first kappa shape index (κ1) is 28.7. The molecule has 0 aliphatic carbocycles. The Hall–Kier alpha value is -1.30. The summed E-state index contributed by atoms with van der Waals surface area (Å²) < 4.78 is 5.09. The van der Waals surface area contributed by atoms with Crippen molar-refractivity contribution in [1.29, 1.82) is 0 Å². The molecule has 32 heavy (non-hydrogen) atoms. The van der Waals surface area contributed by atoms with Crippen molar-refractivity contribution in [3.05, 3.63) is 0 Å². The van der Waals surface area contributed by atoms with Crippen LogP contribution in [0, 0.1) is 5.92 Å². The topological polar surface area (TPSA) is 89.5 Å². The normalized spacial score (nSPS) is 18.6. The van der Waals surface area contributed by atoms with Gasteiger partial charge in [-0.1, -0.05) is 6.92 Å². The zero-order valence-corrected chi connectivity index (χ0v) is 22.6. The summed E-state index contributed by atoms with van der Waals surface area (Å²) in [6.07, 6.45) is 5.03. The van der Waals surface area contributed by atoms with Crippen LogP contribution in [0.5, 0.6) is 0 Å². The van der Waals surface area contributed by atoms with Gasteiger partial charge in [0.25, 0.3) is 0 Å². The fourth-order valence-corrected chi connectivity index (χ4v) is 3.85. The highest BCUT2D eigenvalue weighted by Crippen LogP contribution is 2.15. The van der Waals surface area contributed by atoms with Crippen LogP contribution in [-0.2, 0) is 9.53 Å². The molecule has 9 nitrogen and oxygen atoms in total. The lowest BCUT2D eigenvalue weighted by Gasteiger charge is -2.32. The summed E-state index contributed by atoms with van der Waals surface area (Å²) in [5.74, 6) is 1.50. The van der Waals surface area contributed by atoms with E-state index in [2.05, 4.69) is 27.4 Å². The van der Waals surface area contributed by atoms with Gasteiger partial charge in [0, 0.05) is 39.8 Å². The fraction of sp³-hybridized carbons (Fsp3) is 0.864. The zero-order valence-electron chi connectivity index (χ0n) is 20.3. The Labute approximate surface area is 210 Å². The molecule has 0 atom stereocenters. The van der Waals surface area contributed by atoms with E-state index in [-0.39, 0.29) is 48.6 Å². The van der Waals surface area contributed by atoms with Crippen LogP contribution < -0.4 is 10.6 Å². The van der Waals surface area contributed by atoms with Crippen molar-refractivity contribution in [1.82, 2.24) is 25.3 Å². The standard InChI is InChI=1S/C22H42N6O3.HI/c1-5-31-22(30)28-15-9-19(10-16-28)25-21(24-17-20(29)26(3)4)23-11-6-12-27-13-7-18(2)8-14-27;/h18-19H,5-17H2,1-4H3,(H2,23,24,25);1H. The van der Waals surface area contributed by atoms with Crippen LogP contribution in [0.1, 0.15) is 46.0 Å². The zero-order chi connectivity index (χ0) is 22.6. The molecule has 2 aliphatic heterocycles. The Bertz CT molecular complexity index is 588. The maximum absolute atomic E-state index is 12.0. The smallest absolute Gasteiger partial charge is 0.409 e. The maximum Gasteiger partial charge on any atom is 0.409 e. The number of carbonyl (C=O) groups excluding carboxylic acids is 2. The van der Waals surface area contributed by atoms with E-state index < -0.39 is 0 Å². The number of carbonyl (C=O) groups is 2. The van der Waals surface area contributed by atoms with Gasteiger partial charge in [-0.2, -0.15) is 0 Å². The van der Waals surface area contributed by atoms with Crippen LogP contribution in [-0.4, -0.2) is 105 Å². The molecular weight excluding hydrogens is 523 g/mol. The third-order valence-corrected chi connectivity index (χ3v) is 6.05. The average molecular weight is 567 g/mol. The van der Waals surface area contributed by atoms with Gasteiger partial charge >= 0.3 is 6.09 Å². The second kappa shape index (κ2) is 15.5. The van der Waals surface area contributed by atoms with E-state index in [1.807, 2.05) is 6.92 Å². The minimum atomic E-state index is -0.239. The van der Waals surface area contributed by atoms with Crippen LogP contribution in [0.3, 0.4) is 0 Å². The van der Waals surface area contributed by atoms with Gasteiger partial charge in [-0.15, -0.1) is 24.0 Å². The fourth-order valence-electron chi connectivity index (χ4n) is 3.85. The number of likely N-dealkylation sites (N-methyl/N-ethyl adjacent to an activating group) is 1. The molecule has 2 rings (SSSR count). The molecule has 0 bridgehead atoms. The lowest BCUT2D eigenvalue weighted by molar-refractivity contribution is -0.127. The van der Waals surface area contributed by atoms with Crippen molar-refractivity contribution in [3.8, 4) is 0 Å². The molecule has 10 heteroatoms. The molecule has 2 saturated heterocycles. The van der Waals surface area contributed by atoms with Crippen molar-refractivity contribution >= 4 is 41.9 Å². The monoisotopic (exact) mass is 566 g/mol. The predicted octanol–water partition coefficient (Wildman–Crippen LogP) is 1.97. The number of amides is 2. The summed E-state index contributed by atoms with van der Waals surface area (Å²) in [6, 6.07) is 0.218. The summed E-state index contributed by atoms with van der Waals surface area (Å²) in [5, 5.41) is 6.86. The number of hydrogen-bond donors (Lipinski definition) is 2. The van der Waals surface area contributed by atoms with Gasteiger partial charge in [-0.3, -0.25) is 4.79 Å². The first-order valence-electron chi connectivity index (χ1n) is 11.8. The van der Waals surface area contributed by atoms with E-state index >= 15 is 0 Å². The molecule has 0 aromatic carbocycles. The lowest BCUT2D eigenvalue weighted by atomic mass is 9.99. The highest BCUT2D eigenvalue weighted by atomic mass is 127. The van der Waals surface area contributed by atoms with Crippen LogP contribution in [0.2, 0.25) is 0 Å². The van der Waals surface area contributed by atoms with E-state index in [1.54, 1.807) is 23.9 Å². The number of piperidine rings is 2. The number of aliphatic imine (C=N–C) groups is 1. The minimum absolute atomic E-state index is 0. The van der Waals surface area contributed by atoms with Crippen LogP contribution in [0.25, 0.3) is 0 Å². The summed E-state index contributed by atoms with van der Waals surface area (Å²) >= 11 is 0. The number of halogens is 1. The molecule has 0 unspecified atom stereocenters. The van der Waals surface area contributed by atoms with Gasteiger partial charge in [-0.05, 0) is 64.6 Å². The van der Waals surface area contributed by atoms with E-state index in [0.717, 1.165) is 38.3 Å². The van der Waals surface area contributed by atoms with Crippen LogP contribution in [0.4, 0.5) is 4.79 Å². The van der Waals surface area contributed by atoms with Crippen molar-refractivity contribution in [2.45, 2.75) is 52.0 Å². The first-order valence-corrected chi connectivity index (χ1v) is 11.8. The Morgan fingerprint density at radius 1 is 1.09 bits per heavy atom. The highest BCUT2D eigenvalue weighted by Gasteiger charge is 2.24. The Kier molecular flexibility index (Phi) is 13.9. The van der Waals surface area contributed by atoms with Crippen LogP contribution in [0.15, 0.2) is 4.99 Å². The van der Waals surface area contributed by atoms with Gasteiger partial charge < -0.3 is 30.1 Å². The van der Waals surface area contributed by atoms with Crippen molar-refractivity contribution in [2.75, 3.05) is 66.5 Å². The maximum atomic E-state index is 12.0. The van der Waals surface area contributed by atoms with Crippen molar-refractivity contribution < 1.29 is 14.3 Å². The average Bonchev–Trinajstić information content (AvgIpc) is 2.76. The molecule has 0 aromatic rings. The number of guanidine groups is 1. The quantitative estimate of drug-likeness (QED) is 0.202. The summed E-state index contributed by atoms with van der Waals surface area (Å²) in [6.45, 7) is 10.3. The Balaban J connectivity index is 0.00000512. The van der Waals surface area contributed by atoms with E-state index in [9.17, 15) is 9.59 Å². The molecule has 0 aromatic heterocycles. The molecule has 2 aliphatic rings. The number of ether oxygens (including phenoxy) is 1. The first-order chi connectivity index (χ1) is 14.9. The third kappa shape index (κ3) is 10.5. The van der Waals surface area contributed by atoms with Gasteiger partial charge in [0.15, 0.2) is 5.96 Å². The number of nitrogens with zero attached hydrogens (tertiary/aromatic N) is 4. The highest BCUT2D eigenvalue weighted by molar-refractivity contribution is 14.0. The second-order valence-electron chi connectivity index (χ2n) is 8.86. The van der Waals surface area contributed by atoms with Gasteiger partial charge in [-0.25, -0.2) is 9.79 Å². The van der Waals surface area contributed by atoms with Crippen molar-refractivity contribution in [2.24, 2.45) is 10.9 Å². The predicted molar refractivity (Wildman–Crippen MR) is 139 cm³/mol. The van der Waals surface area contributed by atoms with E-state index in [4.69, 9.17) is 4.74 Å². The van der Waals surface area contributed by atoms with E-state index in [1.165, 1.54) is 25.9 Å². The molecule has 0 saturated carbocycles. The van der Waals surface area contributed by atoms with E-state index in [0.29, 0.717) is 25.7 Å². The SMILES string of the molecule is CCOC(=O)N1CCC(NC(=NCC(=O)N(C)C)NCCCN2CCC(C)CC2)CC1.I. The van der Waals surface area contributed by atoms with Gasteiger partial charge in [0.2, 0.25) is 5.91 Å². The molecule has 2 fully saturated rings. The number of hydrogen-bond acceptors (Lipinski definition) is 5. The molecule has 2 amide bonds. The molecule has 186 valence electrons. The van der Waals surface area contributed by atoms with Gasteiger partial charge in [0.05, 0.1) is 6.61 Å². The third-order valence-electron chi connectivity index (χ3n) is 6.05. The largest absolute Gasteiger partial charge is 0.450 e. The van der Waals surface area contributed by atoms with Crippen molar-refractivity contribution in [3.63, 3.8) is 0 Å². The van der Waals surface area contributed by atoms with Gasteiger partial charge in [0.1, 0.15) is 6.54 Å². The summed E-state index contributed by atoms with van der Waals surface area (Å²) in [5.41, 5.74) is 0. The Morgan fingerprint density at radius 2 is 1.75 bits per heavy atom. The summed E-state index contributed by atoms with van der Waals surface area (Å²) in [7, 11) is 3.48. The number of nitrogens with one attached hydrogen (secondary N) is 2. The molecule has 2 N–H and O–H groups in total.